The van der Waals surface area contributed by atoms with Crippen LogP contribution in [-0.4, -0.2) is 21.5 Å². The number of carbonyl (C=O) groups is 1. The van der Waals surface area contributed by atoms with E-state index >= 15 is 0 Å². The average Bonchev–Trinajstić information content (AvgIpc) is 2.53. The summed E-state index contributed by atoms with van der Waals surface area (Å²) in [6, 6.07) is 7.22. The summed E-state index contributed by atoms with van der Waals surface area (Å²) in [4.78, 5) is 11.4. The second-order valence-corrected chi connectivity index (χ2v) is 7.35. The molecule has 0 aliphatic rings. The van der Waals surface area contributed by atoms with Crippen LogP contribution in [0.3, 0.4) is 0 Å². The molecule has 0 heterocycles. The third-order valence-electron chi connectivity index (χ3n) is 3.12. The lowest BCUT2D eigenvalue weighted by molar-refractivity contribution is -0.137. The number of halogens is 4. The van der Waals surface area contributed by atoms with Crippen molar-refractivity contribution in [2.24, 2.45) is 0 Å². The van der Waals surface area contributed by atoms with Crippen LogP contribution in [0.1, 0.15) is 15.9 Å². The van der Waals surface area contributed by atoms with E-state index in [1.54, 1.807) is 0 Å². The maximum atomic E-state index is 12.5. The summed E-state index contributed by atoms with van der Waals surface area (Å²) < 4.78 is 69.3. The Hall–Kier alpha value is -2.07. The van der Waals surface area contributed by atoms with Crippen LogP contribution in [-0.2, 0) is 20.9 Å². The number of esters is 1. The van der Waals surface area contributed by atoms with Gasteiger partial charge in [-0.25, -0.2) is 13.2 Å². The molecule has 0 radical (unpaired) electrons. The predicted molar refractivity (Wildman–Crippen MR) is 87.7 cm³/mol. The molecule has 0 fully saturated rings. The number of carbonyl (C=O) groups excluding carboxylic acids is 1. The van der Waals surface area contributed by atoms with Gasteiger partial charge in [0.25, 0.3) is 10.0 Å². The fourth-order valence-corrected chi connectivity index (χ4v) is 3.37. The van der Waals surface area contributed by atoms with Gasteiger partial charge >= 0.3 is 12.1 Å². The Morgan fingerprint density at radius 2 is 1.72 bits per heavy atom. The zero-order valence-corrected chi connectivity index (χ0v) is 15.0. The van der Waals surface area contributed by atoms with E-state index in [0.717, 1.165) is 37.4 Å². The Bertz CT molecular complexity index is 896. The number of anilines is 1. The number of rotatable bonds is 4. The molecule has 25 heavy (non-hydrogen) atoms. The van der Waals surface area contributed by atoms with E-state index in [4.69, 9.17) is 0 Å². The first-order chi connectivity index (χ1) is 11.5. The van der Waals surface area contributed by atoms with Crippen molar-refractivity contribution in [1.29, 1.82) is 0 Å². The summed E-state index contributed by atoms with van der Waals surface area (Å²) in [6.07, 6.45) is -4.52. The lowest BCUT2D eigenvalue weighted by Gasteiger charge is -2.11. The Morgan fingerprint density at radius 3 is 2.24 bits per heavy atom. The summed E-state index contributed by atoms with van der Waals surface area (Å²) in [5.74, 6) is -0.738. The minimum Gasteiger partial charge on any atom is -0.465 e. The topological polar surface area (TPSA) is 72.5 Å². The van der Waals surface area contributed by atoms with Crippen molar-refractivity contribution in [2.75, 3.05) is 11.8 Å². The highest BCUT2D eigenvalue weighted by Crippen LogP contribution is 2.30. The van der Waals surface area contributed by atoms with E-state index in [9.17, 15) is 26.4 Å². The minimum atomic E-state index is -4.52. The summed E-state index contributed by atoms with van der Waals surface area (Å²) in [5, 5.41) is 0. The van der Waals surface area contributed by atoms with Gasteiger partial charge < -0.3 is 4.74 Å². The molecule has 0 saturated carbocycles. The summed E-state index contributed by atoms with van der Waals surface area (Å²) in [6.45, 7) is 0. The molecule has 2 aromatic carbocycles. The number of methoxy groups -OCH3 is 1. The SMILES string of the molecule is COC(=O)c1cc(S(=O)(=O)Nc2ccc(C(F)(F)F)cc2)ccc1Br. The molecule has 0 unspecified atom stereocenters. The van der Waals surface area contributed by atoms with Gasteiger partial charge in [0.05, 0.1) is 23.1 Å². The highest BCUT2D eigenvalue weighted by molar-refractivity contribution is 9.10. The van der Waals surface area contributed by atoms with E-state index in [1.807, 2.05) is 0 Å². The second kappa shape index (κ2) is 7.04. The van der Waals surface area contributed by atoms with Crippen molar-refractivity contribution in [1.82, 2.24) is 0 Å². The quantitative estimate of drug-likeness (QED) is 0.732. The van der Waals surface area contributed by atoms with Gasteiger partial charge in [-0.05, 0) is 58.4 Å². The average molecular weight is 438 g/mol. The van der Waals surface area contributed by atoms with Gasteiger partial charge in [-0.15, -0.1) is 0 Å². The number of nitrogens with one attached hydrogen (secondary N) is 1. The summed E-state index contributed by atoms with van der Waals surface area (Å²) in [7, 11) is -2.95. The normalized spacial score (nSPS) is 11.9. The molecule has 134 valence electrons. The Labute approximate surface area is 150 Å². The zero-order valence-electron chi connectivity index (χ0n) is 12.6. The zero-order chi connectivity index (χ0) is 18.8. The molecule has 1 N–H and O–H groups in total. The third kappa shape index (κ3) is 4.51. The van der Waals surface area contributed by atoms with E-state index in [1.165, 1.54) is 12.1 Å². The first kappa shape index (κ1) is 19.3. The number of hydrogen-bond donors (Lipinski definition) is 1. The lowest BCUT2D eigenvalue weighted by Crippen LogP contribution is -2.14. The van der Waals surface area contributed by atoms with Crippen LogP contribution < -0.4 is 4.72 Å². The first-order valence-electron chi connectivity index (χ1n) is 6.62. The monoisotopic (exact) mass is 437 g/mol. The van der Waals surface area contributed by atoms with Crippen LogP contribution in [0, 0.1) is 0 Å². The van der Waals surface area contributed by atoms with Gasteiger partial charge in [-0.2, -0.15) is 13.2 Å². The molecule has 0 aliphatic carbocycles. The number of benzene rings is 2. The molecule has 0 atom stereocenters. The van der Waals surface area contributed by atoms with Gasteiger partial charge in [-0.3, -0.25) is 4.72 Å². The molecule has 10 heteroatoms. The van der Waals surface area contributed by atoms with Gasteiger partial charge in [0.15, 0.2) is 0 Å². The Kier molecular flexibility index (Phi) is 5.43. The maximum Gasteiger partial charge on any atom is 0.416 e. The van der Waals surface area contributed by atoms with Crippen molar-refractivity contribution in [2.45, 2.75) is 11.1 Å². The van der Waals surface area contributed by atoms with Crippen LogP contribution in [0.15, 0.2) is 51.8 Å². The highest BCUT2D eigenvalue weighted by Gasteiger charge is 2.30. The smallest absolute Gasteiger partial charge is 0.416 e. The molecular weight excluding hydrogens is 427 g/mol. The van der Waals surface area contributed by atoms with Crippen molar-refractivity contribution >= 4 is 37.6 Å². The fraction of sp³-hybridized carbons (Fsp3) is 0.133. The number of hydrogen-bond acceptors (Lipinski definition) is 4. The molecule has 0 bridgehead atoms. The van der Waals surface area contributed by atoms with Crippen molar-refractivity contribution in [3.8, 4) is 0 Å². The Balaban J connectivity index is 2.32. The van der Waals surface area contributed by atoms with E-state index in [2.05, 4.69) is 25.4 Å². The Morgan fingerprint density at radius 1 is 1.12 bits per heavy atom. The molecule has 0 amide bonds. The van der Waals surface area contributed by atoms with Crippen LogP contribution in [0.4, 0.5) is 18.9 Å². The first-order valence-corrected chi connectivity index (χ1v) is 8.90. The van der Waals surface area contributed by atoms with Crippen LogP contribution in [0.5, 0.6) is 0 Å². The summed E-state index contributed by atoms with van der Waals surface area (Å²) in [5.41, 5.74) is -0.944. The van der Waals surface area contributed by atoms with E-state index in [-0.39, 0.29) is 16.1 Å². The van der Waals surface area contributed by atoms with Gasteiger partial charge in [0.2, 0.25) is 0 Å². The van der Waals surface area contributed by atoms with Crippen LogP contribution in [0.25, 0.3) is 0 Å². The molecule has 2 aromatic rings. The van der Waals surface area contributed by atoms with Crippen molar-refractivity contribution in [3.63, 3.8) is 0 Å². The molecule has 2 rings (SSSR count). The van der Waals surface area contributed by atoms with E-state index in [0.29, 0.717) is 4.47 Å². The van der Waals surface area contributed by atoms with Gasteiger partial charge in [-0.1, -0.05) is 0 Å². The molecule has 0 spiro atoms. The lowest BCUT2D eigenvalue weighted by atomic mass is 10.2. The molecule has 5 nitrogen and oxygen atoms in total. The van der Waals surface area contributed by atoms with Crippen molar-refractivity contribution in [3.05, 3.63) is 58.1 Å². The molecular formula is C15H11BrF3NO4S. The van der Waals surface area contributed by atoms with E-state index < -0.39 is 27.7 Å². The van der Waals surface area contributed by atoms with Crippen molar-refractivity contribution < 1.29 is 31.1 Å². The molecule has 0 aromatic heterocycles. The predicted octanol–water partition coefficient (Wildman–Crippen LogP) is 4.06. The molecule has 0 aliphatic heterocycles. The minimum absolute atomic E-state index is 0.00204. The standard InChI is InChI=1S/C15H11BrF3NO4S/c1-24-14(21)12-8-11(6-7-13(12)16)25(22,23)20-10-4-2-9(3-5-10)15(17,18)19/h2-8,20H,1H3. The fourth-order valence-electron chi connectivity index (χ4n) is 1.88. The van der Waals surface area contributed by atoms with Crippen LogP contribution in [0.2, 0.25) is 0 Å². The third-order valence-corrected chi connectivity index (χ3v) is 5.19. The molecule has 0 saturated heterocycles. The van der Waals surface area contributed by atoms with Crippen LogP contribution >= 0.6 is 15.9 Å². The number of ether oxygens (including phenoxy) is 1. The second-order valence-electron chi connectivity index (χ2n) is 4.81. The summed E-state index contributed by atoms with van der Waals surface area (Å²) >= 11 is 3.11. The van der Waals surface area contributed by atoms with Gasteiger partial charge in [0, 0.05) is 10.2 Å². The number of sulfonamides is 1. The highest BCUT2D eigenvalue weighted by atomic mass is 79.9. The largest absolute Gasteiger partial charge is 0.465 e. The maximum absolute atomic E-state index is 12.5. The number of alkyl halides is 3. The van der Waals surface area contributed by atoms with Gasteiger partial charge in [0.1, 0.15) is 0 Å².